The number of hydrogen-bond acceptors (Lipinski definition) is 1. The molecule has 0 N–H and O–H groups in total. The summed E-state index contributed by atoms with van der Waals surface area (Å²) in [7, 11) is 2.08. The highest BCUT2D eigenvalue weighted by Gasteiger charge is 2.17. The Balaban J connectivity index is 1.77. The molecule has 2 aromatic heterocycles. The molecule has 5 rings (SSSR count). The first-order valence-corrected chi connectivity index (χ1v) is 9.32. The molecule has 3 aromatic carbocycles. The van der Waals surface area contributed by atoms with Gasteiger partial charge in [-0.25, -0.2) is 4.98 Å². The minimum absolute atomic E-state index is 0.722. The Morgan fingerprint density at radius 2 is 1.67 bits per heavy atom. The molecule has 27 heavy (non-hydrogen) atoms. The largest absolute Gasteiger partial charge is 0.350 e. The Labute approximate surface area is 162 Å². The van der Waals surface area contributed by atoms with Crippen LogP contribution in [0.15, 0.2) is 79.0 Å². The van der Waals surface area contributed by atoms with E-state index in [0.29, 0.717) is 0 Å². The minimum Gasteiger partial charge on any atom is -0.350 e. The van der Waals surface area contributed by atoms with Gasteiger partial charge in [-0.1, -0.05) is 54.1 Å². The highest BCUT2D eigenvalue weighted by molar-refractivity contribution is 6.30. The predicted octanol–water partition coefficient (Wildman–Crippen LogP) is 5.90. The van der Waals surface area contributed by atoms with Crippen molar-refractivity contribution in [3.05, 3.63) is 89.6 Å². The molecule has 5 aromatic rings. The van der Waals surface area contributed by atoms with Gasteiger partial charge in [-0.3, -0.25) is 0 Å². The fraction of sp³-hybridized carbons (Fsp3) is 0.0870. The van der Waals surface area contributed by atoms with Crippen molar-refractivity contribution in [2.24, 2.45) is 7.05 Å². The van der Waals surface area contributed by atoms with Crippen molar-refractivity contribution in [3.63, 3.8) is 0 Å². The van der Waals surface area contributed by atoms with E-state index in [1.54, 1.807) is 0 Å². The van der Waals surface area contributed by atoms with Crippen molar-refractivity contribution < 1.29 is 0 Å². The average molecular weight is 372 g/mol. The lowest BCUT2D eigenvalue weighted by Gasteiger charge is -2.09. The van der Waals surface area contributed by atoms with Gasteiger partial charge in [-0.05, 0) is 35.9 Å². The summed E-state index contributed by atoms with van der Waals surface area (Å²) in [5, 5.41) is 1.96. The summed E-state index contributed by atoms with van der Waals surface area (Å²) in [4.78, 5) is 4.98. The third kappa shape index (κ3) is 2.71. The molecule has 2 heterocycles. The molecule has 0 fully saturated rings. The molecular weight excluding hydrogens is 354 g/mol. The quantitative estimate of drug-likeness (QED) is 0.387. The van der Waals surface area contributed by atoms with Gasteiger partial charge in [-0.2, -0.15) is 0 Å². The zero-order valence-corrected chi connectivity index (χ0v) is 15.7. The Morgan fingerprint density at radius 3 is 2.52 bits per heavy atom. The number of hydrogen-bond donors (Lipinski definition) is 0. The highest BCUT2D eigenvalue weighted by atomic mass is 35.5. The Kier molecular flexibility index (Phi) is 3.76. The van der Waals surface area contributed by atoms with Crippen molar-refractivity contribution in [3.8, 4) is 11.4 Å². The standard InChI is InChI=1S/C23H18ClN3/c1-26-15-19(18-9-2-4-11-21(18)26)23-25-20-10-3-5-12-22(20)27(23)14-16-7-6-8-17(24)13-16/h2-13,15H,14H2,1H3. The summed E-state index contributed by atoms with van der Waals surface area (Å²) < 4.78 is 4.44. The first kappa shape index (κ1) is 16.2. The number of imidazole rings is 1. The second kappa shape index (κ2) is 6.29. The molecule has 0 bridgehead atoms. The van der Waals surface area contributed by atoms with Gasteiger partial charge in [0.05, 0.1) is 11.0 Å². The Hall–Kier alpha value is -3.04. The van der Waals surface area contributed by atoms with Crippen molar-refractivity contribution >= 4 is 33.5 Å². The van der Waals surface area contributed by atoms with Crippen LogP contribution in [-0.2, 0) is 13.6 Å². The number of benzene rings is 3. The second-order valence-corrected chi connectivity index (χ2v) is 7.25. The topological polar surface area (TPSA) is 22.8 Å². The molecule has 0 unspecified atom stereocenters. The van der Waals surface area contributed by atoms with Crippen molar-refractivity contribution in [1.29, 1.82) is 0 Å². The van der Waals surface area contributed by atoms with Gasteiger partial charge in [0.25, 0.3) is 0 Å². The number of fused-ring (bicyclic) bond motifs is 2. The third-order valence-corrected chi connectivity index (χ3v) is 5.26. The van der Waals surface area contributed by atoms with Gasteiger partial charge in [-0.15, -0.1) is 0 Å². The van der Waals surface area contributed by atoms with Crippen LogP contribution in [0.5, 0.6) is 0 Å². The second-order valence-electron chi connectivity index (χ2n) is 6.81. The minimum atomic E-state index is 0.722. The maximum atomic E-state index is 6.21. The number of halogens is 1. The zero-order valence-electron chi connectivity index (χ0n) is 14.9. The first-order chi connectivity index (χ1) is 13.2. The molecule has 0 aliphatic heterocycles. The van der Waals surface area contributed by atoms with Gasteiger partial charge in [0.2, 0.25) is 0 Å². The number of nitrogens with zero attached hydrogens (tertiary/aromatic N) is 3. The molecule has 0 atom stereocenters. The molecule has 0 aliphatic rings. The molecule has 132 valence electrons. The van der Waals surface area contributed by atoms with Crippen LogP contribution in [0.2, 0.25) is 5.02 Å². The van der Waals surface area contributed by atoms with Gasteiger partial charge >= 0.3 is 0 Å². The zero-order chi connectivity index (χ0) is 18.4. The van der Waals surface area contributed by atoms with E-state index in [-0.39, 0.29) is 0 Å². The van der Waals surface area contributed by atoms with Crippen LogP contribution in [0.3, 0.4) is 0 Å². The number of aromatic nitrogens is 3. The van der Waals surface area contributed by atoms with Crippen LogP contribution in [-0.4, -0.2) is 14.1 Å². The summed E-state index contributed by atoms with van der Waals surface area (Å²) >= 11 is 6.21. The third-order valence-electron chi connectivity index (χ3n) is 5.02. The molecule has 0 saturated heterocycles. The van der Waals surface area contributed by atoms with Gasteiger partial charge < -0.3 is 9.13 Å². The number of aryl methyl sites for hydroxylation is 1. The van der Waals surface area contributed by atoms with Crippen LogP contribution in [0.25, 0.3) is 33.3 Å². The summed E-state index contributed by atoms with van der Waals surface area (Å²) in [6, 6.07) is 24.8. The Morgan fingerprint density at radius 1 is 0.889 bits per heavy atom. The van der Waals surface area contributed by atoms with Crippen LogP contribution >= 0.6 is 11.6 Å². The summed E-state index contributed by atoms with van der Waals surface area (Å²) in [6.07, 6.45) is 2.17. The van der Waals surface area contributed by atoms with E-state index in [4.69, 9.17) is 16.6 Å². The van der Waals surface area contributed by atoms with E-state index in [1.165, 1.54) is 10.9 Å². The van der Waals surface area contributed by atoms with Crippen LogP contribution in [0, 0.1) is 0 Å². The molecular formula is C23H18ClN3. The van der Waals surface area contributed by atoms with Crippen LogP contribution < -0.4 is 0 Å². The normalized spacial score (nSPS) is 11.5. The molecule has 0 aliphatic carbocycles. The molecule has 3 nitrogen and oxygen atoms in total. The molecule has 0 saturated carbocycles. The maximum absolute atomic E-state index is 6.21. The van der Waals surface area contributed by atoms with E-state index in [2.05, 4.69) is 70.9 Å². The van der Waals surface area contributed by atoms with E-state index in [1.807, 2.05) is 24.3 Å². The number of para-hydroxylation sites is 3. The Bertz CT molecular complexity index is 1280. The van der Waals surface area contributed by atoms with E-state index >= 15 is 0 Å². The summed E-state index contributed by atoms with van der Waals surface area (Å²) in [6.45, 7) is 0.722. The average Bonchev–Trinajstić information content (AvgIpc) is 3.20. The summed E-state index contributed by atoms with van der Waals surface area (Å²) in [5.41, 5.74) is 5.63. The monoisotopic (exact) mass is 371 g/mol. The van der Waals surface area contributed by atoms with E-state index in [0.717, 1.165) is 39.6 Å². The van der Waals surface area contributed by atoms with Gasteiger partial charge in [0, 0.05) is 41.3 Å². The fourth-order valence-electron chi connectivity index (χ4n) is 3.78. The van der Waals surface area contributed by atoms with Crippen molar-refractivity contribution in [1.82, 2.24) is 14.1 Å². The lowest BCUT2D eigenvalue weighted by atomic mass is 10.1. The van der Waals surface area contributed by atoms with E-state index in [9.17, 15) is 0 Å². The lowest BCUT2D eigenvalue weighted by Crippen LogP contribution is -2.02. The van der Waals surface area contributed by atoms with Gasteiger partial charge in [0.15, 0.2) is 0 Å². The fourth-order valence-corrected chi connectivity index (χ4v) is 3.99. The lowest BCUT2D eigenvalue weighted by molar-refractivity contribution is 0.834. The van der Waals surface area contributed by atoms with Crippen LogP contribution in [0.1, 0.15) is 5.56 Å². The SMILES string of the molecule is Cn1cc(-c2nc3ccccc3n2Cc2cccc(Cl)c2)c2ccccc21. The molecule has 0 radical (unpaired) electrons. The maximum Gasteiger partial charge on any atom is 0.143 e. The van der Waals surface area contributed by atoms with Crippen LogP contribution in [0.4, 0.5) is 0 Å². The predicted molar refractivity (Wildman–Crippen MR) is 112 cm³/mol. The van der Waals surface area contributed by atoms with Gasteiger partial charge in [0.1, 0.15) is 5.82 Å². The van der Waals surface area contributed by atoms with Crippen molar-refractivity contribution in [2.75, 3.05) is 0 Å². The molecule has 0 spiro atoms. The number of rotatable bonds is 3. The van der Waals surface area contributed by atoms with E-state index < -0.39 is 0 Å². The smallest absolute Gasteiger partial charge is 0.143 e. The van der Waals surface area contributed by atoms with Crippen molar-refractivity contribution in [2.45, 2.75) is 6.54 Å². The summed E-state index contributed by atoms with van der Waals surface area (Å²) in [5.74, 6) is 0.980. The highest BCUT2D eigenvalue weighted by Crippen LogP contribution is 2.32. The molecule has 0 amide bonds. The first-order valence-electron chi connectivity index (χ1n) is 8.95. The molecule has 4 heteroatoms.